The summed E-state index contributed by atoms with van der Waals surface area (Å²) >= 11 is 0. The number of hydrogen-bond acceptors (Lipinski definition) is 3. The van der Waals surface area contributed by atoms with E-state index < -0.39 is 18.4 Å². The fourth-order valence-corrected chi connectivity index (χ4v) is 2.81. The van der Waals surface area contributed by atoms with Crippen molar-refractivity contribution < 1.29 is 23.5 Å². The molecule has 22 heavy (non-hydrogen) atoms. The summed E-state index contributed by atoms with van der Waals surface area (Å²) in [5.41, 5.74) is 1.16. The fraction of sp³-hybridized carbons (Fsp3) is 0.643. The van der Waals surface area contributed by atoms with E-state index in [1.165, 1.54) is 11.8 Å². The minimum atomic E-state index is -2.74. The molecule has 8 heteroatoms. The highest BCUT2D eigenvalue weighted by molar-refractivity contribution is 5.80. The van der Waals surface area contributed by atoms with Gasteiger partial charge in [0.15, 0.2) is 0 Å². The van der Waals surface area contributed by atoms with Gasteiger partial charge in [-0.3, -0.25) is 9.59 Å². The Morgan fingerprint density at radius 3 is 2.64 bits per heavy atom. The summed E-state index contributed by atoms with van der Waals surface area (Å²) in [6.07, 6.45) is 1.16. The zero-order valence-corrected chi connectivity index (χ0v) is 12.6. The van der Waals surface area contributed by atoms with E-state index in [-0.39, 0.29) is 24.6 Å². The quantitative estimate of drug-likeness (QED) is 0.918. The van der Waals surface area contributed by atoms with Gasteiger partial charge in [-0.05, 0) is 26.7 Å². The number of carboxylic acids is 1. The number of aliphatic carboxylic acids is 1. The molecule has 1 amide bonds. The molecular formula is C14H19F2N3O3. The molecule has 0 aliphatic carbocycles. The lowest BCUT2D eigenvalue weighted by Gasteiger charge is -2.30. The van der Waals surface area contributed by atoms with Gasteiger partial charge in [0.2, 0.25) is 5.91 Å². The maximum absolute atomic E-state index is 12.8. The van der Waals surface area contributed by atoms with E-state index in [4.69, 9.17) is 5.11 Å². The fourth-order valence-electron chi connectivity index (χ4n) is 2.81. The molecule has 6 nitrogen and oxygen atoms in total. The molecule has 1 aliphatic rings. The zero-order chi connectivity index (χ0) is 16.4. The van der Waals surface area contributed by atoms with Crippen molar-refractivity contribution in [2.75, 3.05) is 13.1 Å². The summed E-state index contributed by atoms with van der Waals surface area (Å²) in [5.74, 6) is -1.70. The second-order valence-corrected chi connectivity index (χ2v) is 5.57. The second-order valence-electron chi connectivity index (χ2n) is 5.57. The van der Waals surface area contributed by atoms with E-state index in [1.807, 2.05) is 0 Å². The molecule has 2 heterocycles. The van der Waals surface area contributed by atoms with Gasteiger partial charge in [0.1, 0.15) is 0 Å². The molecule has 0 spiro atoms. The van der Waals surface area contributed by atoms with Crippen LogP contribution in [-0.4, -0.2) is 44.8 Å². The first kappa shape index (κ1) is 16.4. The molecule has 1 aromatic heterocycles. The number of aromatic nitrogens is 2. The smallest absolute Gasteiger partial charge is 0.333 e. The van der Waals surface area contributed by atoms with Gasteiger partial charge in [-0.1, -0.05) is 0 Å². The number of hydrogen-bond donors (Lipinski definition) is 1. The van der Waals surface area contributed by atoms with Gasteiger partial charge in [0, 0.05) is 24.3 Å². The summed E-state index contributed by atoms with van der Waals surface area (Å²) in [6, 6.07) is 0. The van der Waals surface area contributed by atoms with Crippen LogP contribution >= 0.6 is 0 Å². The maximum Gasteiger partial charge on any atom is 0.333 e. The van der Waals surface area contributed by atoms with Crippen LogP contribution in [0.2, 0.25) is 0 Å². The van der Waals surface area contributed by atoms with Crippen LogP contribution in [0, 0.1) is 19.8 Å². The Balaban J connectivity index is 2.10. The monoisotopic (exact) mass is 315 g/mol. The first-order chi connectivity index (χ1) is 10.3. The maximum atomic E-state index is 12.8. The Labute approximate surface area is 126 Å². The van der Waals surface area contributed by atoms with E-state index in [0.717, 1.165) is 0 Å². The first-order valence-corrected chi connectivity index (χ1v) is 7.14. The van der Waals surface area contributed by atoms with Crippen molar-refractivity contribution in [1.82, 2.24) is 14.7 Å². The van der Waals surface area contributed by atoms with E-state index in [2.05, 4.69) is 5.10 Å². The normalized spacial score (nSPS) is 18.8. The number of rotatable bonds is 4. The average Bonchev–Trinajstić information content (AvgIpc) is 2.75. The van der Waals surface area contributed by atoms with Crippen LogP contribution in [0.15, 0.2) is 0 Å². The van der Waals surface area contributed by atoms with E-state index >= 15 is 0 Å². The molecule has 1 aliphatic heterocycles. The summed E-state index contributed by atoms with van der Waals surface area (Å²) in [5, 5.41) is 12.8. The van der Waals surface area contributed by atoms with Crippen molar-refractivity contribution in [3.63, 3.8) is 0 Å². The zero-order valence-electron chi connectivity index (χ0n) is 12.6. The van der Waals surface area contributed by atoms with Gasteiger partial charge < -0.3 is 10.0 Å². The number of carbonyl (C=O) groups excluding carboxylic acids is 1. The number of nitrogens with zero attached hydrogens (tertiary/aromatic N) is 3. The Kier molecular flexibility index (Phi) is 4.77. The van der Waals surface area contributed by atoms with Crippen molar-refractivity contribution >= 4 is 11.9 Å². The lowest BCUT2D eigenvalue weighted by molar-refractivity contribution is -0.145. The standard InChI is InChI=1S/C14H19F2N3O3/c1-8-11(9(2)19(17-8)14(15)16)6-12(20)18-5-3-4-10(7-18)13(21)22/h10,14H,3-7H2,1-2H3,(H,21,22). The third-order valence-corrected chi connectivity index (χ3v) is 4.11. The molecule has 1 N–H and O–H groups in total. The summed E-state index contributed by atoms with van der Waals surface area (Å²) in [6.45, 7) is 1.03. The lowest BCUT2D eigenvalue weighted by atomic mass is 9.97. The molecule has 0 bridgehead atoms. The average molecular weight is 315 g/mol. The molecular weight excluding hydrogens is 296 g/mol. The van der Waals surface area contributed by atoms with E-state index in [1.54, 1.807) is 6.92 Å². The molecule has 1 saturated heterocycles. The van der Waals surface area contributed by atoms with Crippen LogP contribution in [0.4, 0.5) is 8.78 Å². The summed E-state index contributed by atoms with van der Waals surface area (Å²) in [7, 11) is 0. The minimum Gasteiger partial charge on any atom is -0.481 e. The third-order valence-electron chi connectivity index (χ3n) is 4.11. The van der Waals surface area contributed by atoms with Gasteiger partial charge in [-0.25, -0.2) is 4.68 Å². The second kappa shape index (κ2) is 6.41. The van der Waals surface area contributed by atoms with E-state index in [9.17, 15) is 18.4 Å². The molecule has 1 aromatic rings. The molecule has 1 fully saturated rings. The number of carbonyl (C=O) groups is 2. The molecule has 0 saturated carbocycles. The van der Waals surface area contributed by atoms with Crippen molar-refractivity contribution in [2.45, 2.75) is 39.7 Å². The van der Waals surface area contributed by atoms with Gasteiger partial charge in [0.25, 0.3) is 0 Å². The first-order valence-electron chi connectivity index (χ1n) is 7.14. The molecule has 0 aromatic carbocycles. The number of halogens is 2. The molecule has 2 rings (SSSR count). The summed E-state index contributed by atoms with van der Waals surface area (Å²) < 4.78 is 26.2. The minimum absolute atomic E-state index is 0.0310. The third kappa shape index (κ3) is 3.26. The molecule has 122 valence electrons. The van der Waals surface area contributed by atoms with Crippen LogP contribution in [0.25, 0.3) is 0 Å². The Morgan fingerprint density at radius 2 is 2.09 bits per heavy atom. The number of likely N-dealkylation sites (tertiary alicyclic amines) is 1. The predicted octanol–water partition coefficient (Wildman–Crippen LogP) is 1.76. The number of piperidine rings is 1. The lowest BCUT2D eigenvalue weighted by Crippen LogP contribution is -2.43. The van der Waals surface area contributed by atoms with Crippen molar-refractivity contribution in [3.8, 4) is 0 Å². The van der Waals surface area contributed by atoms with Gasteiger partial charge in [0.05, 0.1) is 18.0 Å². The predicted molar refractivity (Wildman–Crippen MR) is 73.6 cm³/mol. The van der Waals surface area contributed by atoms with Crippen molar-refractivity contribution in [1.29, 1.82) is 0 Å². The number of amides is 1. The van der Waals surface area contributed by atoms with Crippen LogP contribution in [0.1, 0.15) is 36.3 Å². The molecule has 1 atom stereocenters. The Bertz CT molecular complexity index is 586. The Morgan fingerprint density at radius 1 is 1.41 bits per heavy atom. The van der Waals surface area contributed by atoms with Crippen molar-refractivity contribution in [2.24, 2.45) is 5.92 Å². The van der Waals surface area contributed by atoms with Crippen LogP contribution < -0.4 is 0 Å². The van der Waals surface area contributed by atoms with Crippen LogP contribution in [0.5, 0.6) is 0 Å². The number of carboxylic acid groups (broad SMARTS) is 1. The largest absolute Gasteiger partial charge is 0.481 e. The highest BCUT2D eigenvalue weighted by Crippen LogP contribution is 2.22. The topological polar surface area (TPSA) is 75.4 Å². The van der Waals surface area contributed by atoms with Gasteiger partial charge in [-0.15, -0.1) is 0 Å². The highest BCUT2D eigenvalue weighted by Gasteiger charge is 2.29. The summed E-state index contributed by atoms with van der Waals surface area (Å²) in [4.78, 5) is 24.9. The molecule has 1 unspecified atom stereocenters. The van der Waals surface area contributed by atoms with Crippen molar-refractivity contribution in [3.05, 3.63) is 17.0 Å². The van der Waals surface area contributed by atoms with Gasteiger partial charge >= 0.3 is 12.5 Å². The Hall–Kier alpha value is -1.99. The van der Waals surface area contributed by atoms with Crippen LogP contribution in [-0.2, 0) is 16.0 Å². The van der Waals surface area contributed by atoms with Crippen LogP contribution in [0.3, 0.4) is 0 Å². The molecule has 0 radical (unpaired) electrons. The van der Waals surface area contributed by atoms with E-state index in [0.29, 0.717) is 35.3 Å². The highest BCUT2D eigenvalue weighted by atomic mass is 19.3. The van der Waals surface area contributed by atoms with Gasteiger partial charge in [-0.2, -0.15) is 13.9 Å². The number of aryl methyl sites for hydroxylation is 1. The SMILES string of the molecule is Cc1nn(C(F)F)c(C)c1CC(=O)N1CCCC(C(=O)O)C1. The number of alkyl halides is 2.